The van der Waals surface area contributed by atoms with Crippen molar-refractivity contribution >= 4 is 41.0 Å². The highest BCUT2D eigenvalue weighted by Crippen LogP contribution is 2.52. The Morgan fingerprint density at radius 2 is 2.17 bits per heavy atom. The van der Waals surface area contributed by atoms with Crippen molar-refractivity contribution in [2.24, 2.45) is 0 Å². The van der Waals surface area contributed by atoms with E-state index in [1.54, 1.807) is 0 Å². The maximum absolute atomic E-state index is 6.09. The van der Waals surface area contributed by atoms with Gasteiger partial charge in [-0.3, -0.25) is 0 Å². The lowest BCUT2D eigenvalue weighted by Crippen LogP contribution is -2.12. The molecular weight excluding hydrogens is 289 g/mol. The molecule has 2 unspecified atom stereocenters. The summed E-state index contributed by atoms with van der Waals surface area (Å²) in [7, 11) is 0. The van der Waals surface area contributed by atoms with Crippen molar-refractivity contribution < 1.29 is 4.42 Å². The van der Waals surface area contributed by atoms with Crippen LogP contribution < -0.4 is 0 Å². The third-order valence-corrected chi connectivity index (χ3v) is 5.00. The molecule has 2 aliphatic rings. The summed E-state index contributed by atoms with van der Waals surface area (Å²) in [4.78, 5) is 5.43. The van der Waals surface area contributed by atoms with Crippen molar-refractivity contribution in [2.45, 2.75) is 16.1 Å². The van der Waals surface area contributed by atoms with E-state index in [9.17, 15) is 0 Å². The standard InChI is InChI=1S/C13H7Cl2NOS/c14-6-1-3-9-7(5-6)11-10(18-9)4-2-8-12(11)17-13(15)16-8/h1-5,10-11H. The summed E-state index contributed by atoms with van der Waals surface area (Å²) in [6, 6.07) is 5.99. The van der Waals surface area contributed by atoms with Gasteiger partial charge in [0.1, 0.15) is 11.5 Å². The molecule has 0 fully saturated rings. The normalized spacial score (nSPS) is 23.7. The van der Waals surface area contributed by atoms with E-state index in [1.165, 1.54) is 10.5 Å². The first-order valence-corrected chi connectivity index (χ1v) is 7.16. The van der Waals surface area contributed by atoms with Crippen LogP contribution in [0, 0.1) is 0 Å². The highest BCUT2D eigenvalue weighted by atomic mass is 35.5. The van der Waals surface area contributed by atoms with Crippen molar-refractivity contribution in [3.8, 4) is 0 Å². The van der Waals surface area contributed by atoms with Gasteiger partial charge in [-0.1, -0.05) is 17.7 Å². The fraction of sp³-hybridized carbons (Fsp3) is 0.154. The van der Waals surface area contributed by atoms with Gasteiger partial charge in [-0.25, -0.2) is 0 Å². The second kappa shape index (κ2) is 3.80. The number of fused-ring (bicyclic) bond motifs is 5. The molecule has 2 nitrogen and oxygen atoms in total. The molecule has 0 amide bonds. The van der Waals surface area contributed by atoms with Gasteiger partial charge in [0.05, 0.1) is 5.92 Å². The third-order valence-electron chi connectivity index (χ3n) is 3.28. The molecule has 5 heteroatoms. The number of benzene rings is 1. The lowest BCUT2D eigenvalue weighted by atomic mass is 9.89. The Kier molecular flexibility index (Phi) is 2.31. The second-order valence-electron chi connectivity index (χ2n) is 4.32. The van der Waals surface area contributed by atoms with Crippen molar-refractivity contribution in [1.82, 2.24) is 4.98 Å². The van der Waals surface area contributed by atoms with Crippen molar-refractivity contribution in [2.75, 3.05) is 0 Å². The van der Waals surface area contributed by atoms with Crippen molar-refractivity contribution in [3.63, 3.8) is 0 Å². The van der Waals surface area contributed by atoms with Gasteiger partial charge in [0, 0.05) is 15.2 Å². The molecule has 1 aliphatic heterocycles. The number of aromatic nitrogens is 1. The molecule has 1 aromatic heterocycles. The molecule has 1 aromatic carbocycles. The van der Waals surface area contributed by atoms with Crippen LogP contribution in [0.3, 0.4) is 0 Å². The Hall–Kier alpha value is -0.900. The lowest BCUT2D eigenvalue weighted by molar-refractivity contribution is 0.485. The number of hydrogen-bond donors (Lipinski definition) is 0. The smallest absolute Gasteiger partial charge is 0.292 e. The van der Waals surface area contributed by atoms with Crippen LogP contribution in [0.15, 0.2) is 33.6 Å². The molecule has 4 rings (SSSR count). The van der Waals surface area contributed by atoms with Crippen LogP contribution in [-0.2, 0) is 0 Å². The predicted octanol–water partition coefficient (Wildman–Crippen LogP) is 4.61. The molecule has 0 saturated carbocycles. The minimum Gasteiger partial charge on any atom is -0.431 e. The summed E-state index contributed by atoms with van der Waals surface area (Å²) in [5.41, 5.74) is 2.03. The molecule has 0 saturated heterocycles. The van der Waals surface area contributed by atoms with Crippen LogP contribution >= 0.6 is 35.0 Å². The fourth-order valence-corrected chi connectivity index (χ4v) is 4.23. The van der Waals surface area contributed by atoms with Gasteiger partial charge in [-0.05, 0) is 41.4 Å². The largest absolute Gasteiger partial charge is 0.431 e. The van der Waals surface area contributed by atoms with E-state index in [0.29, 0.717) is 5.25 Å². The Morgan fingerprint density at radius 3 is 3.06 bits per heavy atom. The van der Waals surface area contributed by atoms with E-state index in [-0.39, 0.29) is 11.3 Å². The highest BCUT2D eigenvalue weighted by molar-refractivity contribution is 8.00. The Bertz CT molecular complexity index is 680. The van der Waals surface area contributed by atoms with Gasteiger partial charge in [0.2, 0.25) is 0 Å². The molecule has 0 bridgehead atoms. The summed E-state index contributed by atoms with van der Waals surface area (Å²) in [5, 5.41) is 1.29. The van der Waals surface area contributed by atoms with Crippen molar-refractivity contribution in [3.05, 3.63) is 51.7 Å². The first kappa shape index (κ1) is 11.0. The summed E-state index contributed by atoms with van der Waals surface area (Å²) in [6.45, 7) is 0. The van der Waals surface area contributed by atoms with Gasteiger partial charge in [0.25, 0.3) is 5.35 Å². The maximum Gasteiger partial charge on any atom is 0.292 e. The first-order chi connectivity index (χ1) is 8.72. The van der Waals surface area contributed by atoms with Crippen LogP contribution in [0.25, 0.3) is 6.08 Å². The maximum atomic E-state index is 6.09. The molecule has 2 heterocycles. The van der Waals surface area contributed by atoms with Gasteiger partial charge < -0.3 is 4.42 Å². The molecule has 1 aliphatic carbocycles. The predicted molar refractivity (Wildman–Crippen MR) is 73.5 cm³/mol. The van der Waals surface area contributed by atoms with Gasteiger partial charge in [0.15, 0.2) is 0 Å². The van der Waals surface area contributed by atoms with Crippen LogP contribution in [0.2, 0.25) is 10.4 Å². The zero-order valence-corrected chi connectivity index (χ0v) is 11.4. The number of nitrogens with zero attached hydrogens (tertiary/aromatic N) is 1. The molecule has 90 valence electrons. The molecule has 0 N–H and O–H groups in total. The monoisotopic (exact) mass is 295 g/mol. The molecule has 0 radical (unpaired) electrons. The number of halogens is 2. The van der Waals surface area contributed by atoms with Crippen LogP contribution in [0.4, 0.5) is 0 Å². The third kappa shape index (κ3) is 1.48. The summed E-state index contributed by atoms with van der Waals surface area (Å²) < 4.78 is 5.56. The van der Waals surface area contributed by atoms with E-state index < -0.39 is 0 Å². The zero-order valence-electron chi connectivity index (χ0n) is 9.06. The molecule has 18 heavy (non-hydrogen) atoms. The van der Waals surface area contributed by atoms with Crippen LogP contribution in [0.5, 0.6) is 0 Å². The van der Waals surface area contributed by atoms with E-state index in [0.717, 1.165) is 16.5 Å². The summed E-state index contributed by atoms with van der Waals surface area (Å²) in [5.74, 6) is 1.02. The van der Waals surface area contributed by atoms with Gasteiger partial charge in [-0.15, -0.1) is 11.8 Å². The Morgan fingerprint density at radius 1 is 1.28 bits per heavy atom. The zero-order chi connectivity index (χ0) is 12.3. The second-order valence-corrected chi connectivity index (χ2v) is 6.30. The molecule has 2 atom stereocenters. The minimum absolute atomic E-state index is 0.170. The van der Waals surface area contributed by atoms with E-state index in [2.05, 4.69) is 17.1 Å². The average Bonchev–Trinajstić information content (AvgIpc) is 2.87. The summed E-state index contributed by atoms with van der Waals surface area (Å²) >= 11 is 13.8. The highest BCUT2D eigenvalue weighted by Gasteiger charge is 2.39. The Labute approximate surface area is 118 Å². The molecule has 2 aromatic rings. The fourth-order valence-electron chi connectivity index (χ4n) is 2.55. The van der Waals surface area contributed by atoms with E-state index in [4.69, 9.17) is 27.6 Å². The summed E-state index contributed by atoms with van der Waals surface area (Å²) in [6.07, 6.45) is 4.14. The van der Waals surface area contributed by atoms with E-state index >= 15 is 0 Å². The number of hydrogen-bond acceptors (Lipinski definition) is 3. The number of thioether (sulfide) groups is 1. The average molecular weight is 296 g/mol. The topological polar surface area (TPSA) is 26.0 Å². The lowest BCUT2D eigenvalue weighted by Gasteiger charge is -2.18. The number of oxazole rings is 1. The Balaban J connectivity index is 1.94. The van der Waals surface area contributed by atoms with Crippen molar-refractivity contribution in [1.29, 1.82) is 0 Å². The van der Waals surface area contributed by atoms with Gasteiger partial charge in [-0.2, -0.15) is 4.98 Å². The quantitative estimate of drug-likeness (QED) is 0.710. The first-order valence-electron chi connectivity index (χ1n) is 5.53. The van der Waals surface area contributed by atoms with Crippen LogP contribution in [0.1, 0.15) is 22.9 Å². The number of rotatable bonds is 0. The minimum atomic E-state index is 0.170. The molecule has 0 spiro atoms. The SMILES string of the molecule is Clc1ccc2c(c1)C1c3oc(Cl)nc3C=CC1S2. The van der Waals surface area contributed by atoms with E-state index in [1.807, 2.05) is 30.0 Å². The van der Waals surface area contributed by atoms with Crippen LogP contribution in [-0.4, -0.2) is 10.2 Å². The molecular formula is C13H7Cl2NOS. The van der Waals surface area contributed by atoms with Gasteiger partial charge >= 0.3 is 0 Å².